The van der Waals surface area contributed by atoms with Crippen molar-refractivity contribution in [2.75, 3.05) is 30.5 Å². The lowest BCUT2D eigenvalue weighted by Gasteiger charge is -2.32. The number of halogens is 2. The summed E-state index contributed by atoms with van der Waals surface area (Å²) in [5, 5.41) is 24.0. The van der Waals surface area contributed by atoms with E-state index in [1.165, 1.54) is 6.07 Å². The van der Waals surface area contributed by atoms with E-state index in [0.717, 1.165) is 41.6 Å². The summed E-state index contributed by atoms with van der Waals surface area (Å²) in [5.41, 5.74) is 0.594. The van der Waals surface area contributed by atoms with E-state index >= 15 is 8.78 Å². The number of fused-ring (bicyclic) bond motifs is 3. The van der Waals surface area contributed by atoms with E-state index in [0.29, 0.717) is 43.0 Å². The number of nitrogens with one attached hydrogen (secondary N) is 1. The first-order valence-electron chi connectivity index (χ1n) is 12.9. The van der Waals surface area contributed by atoms with Crippen LogP contribution in [0.25, 0.3) is 10.8 Å². The van der Waals surface area contributed by atoms with Gasteiger partial charge in [0.05, 0.1) is 17.2 Å². The van der Waals surface area contributed by atoms with Crippen LogP contribution in [0.2, 0.25) is 0 Å². The molecule has 5 rings (SSSR count). The second-order valence-electron chi connectivity index (χ2n) is 11.1. The molecule has 202 valence electrons. The Kier molecular flexibility index (Phi) is 6.23. The van der Waals surface area contributed by atoms with Gasteiger partial charge in [-0.05, 0) is 76.3 Å². The van der Waals surface area contributed by atoms with Crippen molar-refractivity contribution in [3.8, 4) is 0 Å². The Morgan fingerprint density at radius 1 is 1.13 bits per heavy atom. The number of hydrogen-bond acceptors (Lipinski definition) is 6. The van der Waals surface area contributed by atoms with Crippen LogP contribution in [0.5, 0.6) is 0 Å². The zero-order valence-corrected chi connectivity index (χ0v) is 22.7. The fourth-order valence-electron chi connectivity index (χ4n) is 5.91. The maximum Gasteiger partial charge on any atom is 0.300 e. The third kappa shape index (κ3) is 3.86. The van der Waals surface area contributed by atoms with Crippen molar-refractivity contribution in [3.63, 3.8) is 0 Å². The number of likely N-dealkylation sites (N-methyl/N-ethyl adjacent to an activating group) is 1. The van der Waals surface area contributed by atoms with Gasteiger partial charge < -0.3 is 20.1 Å². The smallest absolute Gasteiger partial charge is 0.300 e. The quantitative estimate of drug-likeness (QED) is 0.471. The fraction of sp³-hybridized carbons (Fsp3) is 0.483. The molecule has 2 aromatic carbocycles. The topological polar surface area (TPSA) is 87.6 Å². The number of aliphatic hydroxyl groups is 1. The molecule has 7 nitrogen and oxygen atoms in total. The first-order valence-corrected chi connectivity index (χ1v) is 12.9. The molecule has 0 radical (unpaired) electrons. The van der Waals surface area contributed by atoms with Crippen molar-refractivity contribution < 1.29 is 23.4 Å². The van der Waals surface area contributed by atoms with Gasteiger partial charge in [0.25, 0.3) is 0 Å². The molecule has 3 heterocycles. The number of nitrogens with zero attached hydrogens (tertiary/aromatic N) is 3. The summed E-state index contributed by atoms with van der Waals surface area (Å²) in [7, 11) is 1.81. The molecule has 38 heavy (non-hydrogen) atoms. The minimum Gasteiger partial charge on any atom is -0.384 e. The first kappa shape index (κ1) is 26.4. The van der Waals surface area contributed by atoms with Crippen molar-refractivity contribution in [2.45, 2.75) is 70.4 Å². The predicted octanol–water partition coefficient (Wildman–Crippen LogP) is 5.31. The van der Waals surface area contributed by atoms with E-state index in [1.54, 1.807) is 24.0 Å². The Bertz CT molecular complexity index is 1430. The SMILES string of the molecule is Cc1c([C@@H](C)Nc2nnc(C)c3cc4c(cc23)C2(CCOCC2)C(=O)N4C)cccc1C(F)(F)C(C)(C)O. The zero-order valence-electron chi connectivity index (χ0n) is 22.7. The molecule has 1 aromatic heterocycles. The van der Waals surface area contributed by atoms with Gasteiger partial charge in [0, 0.05) is 42.3 Å². The lowest BCUT2D eigenvalue weighted by Crippen LogP contribution is -2.42. The molecule has 0 unspecified atom stereocenters. The minimum absolute atomic E-state index is 0.0766. The van der Waals surface area contributed by atoms with Crippen molar-refractivity contribution in [3.05, 3.63) is 58.3 Å². The number of rotatable bonds is 5. The highest BCUT2D eigenvalue weighted by Gasteiger charge is 2.51. The van der Waals surface area contributed by atoms with Crippen LogP contribution in [0.15, 0.2) is 30.3 Å². The average Bonchev–Trinajstić information content (AvgIpc) is 3.06. The molecule has 9 heteroatoms. The summed E-state index contributed by atoms with van der Waals surface area (Å²) in [6.07, 6.45) is 1.24. The normalized spacial score (nSPS) is 18.2. The number of carbonyl (C=O) groups is 1. The standard InChI is InChI=1S/C29H34F2N4O3/c1-16-19(8-7-9-22(16)29(30,31)27(4,5)37)17(2)32-25-21-14-23-24(15-20(21)18(3)33-34-25)35(6)26(36)28(23)10-12-38-13-11-28/h7-9,14-15,17,37H,10-13H2,1-6H3,(H,32,34)/t17-/m1/s1. The van der Waals surface area contributed by atoms with Crippen molar-refractivity contribution in [2.24, 2.45) is 0 Å². The van der Waals surface area contributed by atoms with E-state index in [4.69, 9.17) is 4.74 Å². The van der Waals surface area contributed by atoms with Crippen molar-refractivity contribution >= 4 is 28.2 Å². The van der Waals surface area contributed by atoms with Crippen LogP contribution >= 0.6 is 0 Å². The second kappa shape index (κ2) is 8.95. The summed E-state index contributed by atoms with van der Waals surface area (Å²) < 4.78 is 35.7. The lowest BCUT2D eigenvalue weighted by molar-refractivity contribution is -0.168. The molecule has 1 amide bonds. The van der Waals surface area contributed by atoms with E-state index in [-0.39, 0.29) is 17.5 Å². The van der Waals surface area contributed by atoms with Gasteiger partial charge in [0.1, 0.15) is 5.60 Å². The Hall–Kier alpha value is -3.17. The van der Waals surface area contributed by atoms with Gasteiger partial charge in [0.2, 0.25) is 5.91 Å². The molecular weight excluding hydrogens is 490 g/mol. The van der Waals surface area contributed by atoms with Crippen molar-refractivity contribution in [1.82, 2.24) is 10.2 Å². The average molecular weight is 525 g/mol. The van der Waals surface area contributed by atoms with Gasteiger partial charge in [-0.25, -0.2) is 0 Å². The highest BCUT2D eigenvalue weighted by molar-refractivity contribution is 6.11. The maximum atomic E-state index is 15.1. The Morgan fingerprint density at radius 2 is 1.82 bits per heavy atom. The van der Waals surface area contributed by atoms with Crippen LogP contribution in [0.4, 0.5) is 20.3 Å². The molecule has 2 N–H and O–H groups in total. The molecule has 1 atom stereocenters. The van der Waals surface area contributed by atoms with Gasteiger partial charge in [-0.3, -0.25) is 4.79 Å². The number of hydrogen-bond donors (Lipinski definition) is 2. The number of carbonyl (C=O) groups excluding carboxylic acids is 1. The van der Waals surface area contributed by atoms with Crippen LogP contribution in [-0.2, 0) is 20.9 Å². The predicted molar refractivity (Wildman–Crippen MR) is 143 cm³/mol. The first-order chi connectivity index (χ1) is 17.8. The number of anilines is 2. The maximum absolute atomic E-state index is 15.1. The van der Waals surface area contributed by atoms with E-state index in [1.807, 2.05) is 33.0 Å². The lowest BCUT2D eigenvalue weighted by atomic mass is 9.75. The number of aryl methyl sites for hydroxylation is 1. The van der Waals surface area contributed by atoms with Crippen LogP contribution in [-0.4, -0.2) is 47.1 Å². The third-order valence-electron chi connectivity index (χ3n) is 8.32. The van der Waals surface area contributed by atoms with Gasteiger partial charge in [-0.15, -0.1) is 5.10 Å². The Balaban J connectivity index is 1.58. The molecule has 0 saturated carbocycles. The van der Waals surface area contributed by atoms with Gasteiger partial charge in [-0.2, -0.15) is 13.9 Å². The molecular formula is C29H34F2N4O3. The minimum atomic E-state index is -3.43. The summed E-state index contributed by atoms with van der Waals surface area (Å²) in [6.45, 7) is 8.68. The summed E-state index contributed by atoms with van der Waals surface area (Å²) in [4.78, 5) is 15.1. The summed E-state index contributed by atoms with van der Waals surface area (Å²) in [6, 6.07) is 8.39. The number of alkyl halides is 2. The zero-order chi connectivity index (χ0) is 27.6. The second-order valence-corrected chi connectivity index (χ2v) is 11.1. The summed E-state index contributed by atoms with van der Waals surface area (Å²) in [5.74, 6) is -2.84. The van der Waals surface area contributed by atoms with Crippen molar-refractivity contribution in [1.29, 1.82) is 0 Å². The molecule has 0 bridgehead atoms. The molecule has 1 spiro atoms. The largest absolute Gasteiger partial charge is 0.384 e. The van der Waals surface area contributed by atoms with E-state index < -0.39 is 16.9 Å². The fourth-order valence-corrected chi connectivity index (χ4v) is 5.91. The number of amides is 1. The molecule has 2 aliphatic rings. The number of aromatic nitrogens is 2. The monoisotopic (exact) mass is 524 g/mol. The van der Waals surface area contributed by atoms with Gasteiger partial charge in [-0.1, -0.05) is 18.2 Å². The van der Waals surface area contributed by atoms with Crippen LogP contribution in [0.3, 0.4) is 0 Å². The molecule has 1 fully saturated rings. The highest BCUT2D eigenvalue weighted by Crippen LogP contribution is 2.49. The van der Waals surface area contributed by atoms with Crippen LogP contribution < -0.4 is 10.2 Å². The van der Waals surface area contributed by atoms with Crippen LogP contribution in [0.1, 0.15) is 67.6 Å². The molecule has 1 saturated heterocycles. The van der Waals surface area contributed by atoms with Gasteiger partial charge >= 0.3 is 5.92 Å². The summed E-state index contributed by atoms with van der Waals surface area (Å²) >= 11 is 0. The van der Waals surface area contributed by atoms with E-state index in [9.17, 15) is 9.90 Å². The number of ether oxygens (including phenoxy) is 1. The third-order valence-corrected chi connectivity index (χ3v) is 8.32. The highest BCUT2D eigenvalue weighted by atomic mass is 19.3. The number of benzene rings is 2. The Morgan fingerprint density at radius 3 is 2.47 bits per heavy atom. The van der Waals surface area contributed by atoms with Crippen LogP contribution in [0, 0.1) is 13.8 Å². The molecule has 2 aliphatic heterocycles. The van der Waals surface area contributed by atoms with E-state index in [2.05, 4.69) is 15.5 Å². The Labute approximate surface area is 221 Å². The molecule has 3 aromatic rings. The van der Waals surface area contributed by atoms with Gasteiger partial charge in [0.15, 0.2) is 5.82 Å². The molecule has 0 aliphatic carbocycles.